The molecule has 0 aliphatic carbocycles. The summed E-state index contributed by atoms with van der Waals surface area (Å²) in [6.07, 6.45) is 1.54. The zero-order chi connectivity index (χ0) is 12.8. The summed E-state index contributed by atoms with van der Waals surface area (Å²) in [4.78, 5) is 16.7. The second kappa shape index (κ2) is 3.62. The third kappa shape index (κ3) is 1.37. The highest BCUT2D eigenvalue weighted by Crippen LogP contribution is 2.28. The van der Waals surface area contributed by atoms with Gasteiger partial charge in [0.25, 0.3) is 0 Å². The highest BCUT2D eigenvalue weighted by molar-refractivity contribution is 6.16. The van der Waals surface area contributed by atoms with Gasteiger partial charge in [0.05, 0.1) is 21.9 Å². The molecule has 0 aliphatic rings. The maximum absolute atomic E-state index is 12.2. The Morgan fingerprint density at radius 3 is 2.74 bits per heavy atom. The van der Waals surface area contributed by atoms with E-state index in [4.69, 9.17) is 0 Å². The van der Waals surface area contributed by atoms with Crippen molar-refractivity contribution in [2.75, 3.05) is 0 Å². The first kappa shape index (κ1) is 10.2. The van der Waals surface area contributed by atoms with Gasteiger partial charge < -0.3 is 0 Å². The van der Waals surface area contributed by atoms with E-state index in [9.17, 15) is 4.79 Å². The van der Waals surface area contributed by atoms with Crippen molar-refractivity contribution in [2.24, 2.45) is 0 Å². The van der Waals surface area contributed by atoms with Gasteiger partial charge >= 0.3 is 0 Å². The van der Waals surface area contributed by atoms with Gasteiger partial charge in [-0.05, 0) is 18.2 Å². The average Bonchev–Trinajstić information content (AvgIpc) is 2.70. The Morgan fingerprint density at radius 2 is 1.79 bits per heavy atom. The summed E-state index contributed by atoms with van der Waals surface area (Å²) in [7, 11) is 0. The summed E-state index contributed by atoms with van der Waals surface area (Å²) in [5.41, 5.74) is 2.18. The number of rotatable bonds is 0. The first-order chi connectivity index (χ1) is 9.34. The fourth-order valence-corrected chi connectivity index (χ4v) is 2.47. The van der Waals surface area contributed by atoms with Crippen LogP contribution in [-0.2, 0) is 0 Å². The van der Waals surface area contributed by atoms with Crippen LogP contribution >= 0.6 is 0 Å². The van der Waals surface area contributed by atoms with Crippen LogP contribution in [0.1, 0.15) is 0 Å². The van der Waals surface area contributed by atoms with Crippen LogP contribution in [-0.4, -0.2) is 15.2 Å². The topological polar surface area (TPSA) is 58.6 Å². The number of hydrogen-bond acceptors (Lipinski definition) is 3. The van der Waals surface area contributed by atoms with Gasteiger partial charge in [-0.25, -0.2) is 4.98 Å². The van der Waals surface area contributed by atoms with E-state index in [1.807, 2.05) is 36.4 Å². The van der Waals surface area contributed by atoms with Crippen molar-refractivity contribution in [3.05, 3.63) is 58.9 Å². The highest BCUT2D eigenvalue weighted by atomic mass is 16.1. The first-order valence-electron chi connectivity index (χ1n) is 6.00. The van der Waals surface area contributed by atoms with E-state index in [2.05, 4.69) is 15.2 Å². The molecule has 0 radical (unpaired) electrons. The van der Waals surface area contributed by atoms with Gasteiger partial charge in [-0.15, -0.1) is 0 Å². The molecule has 1 N–H and O–H groups in total. The molecule has 4 heteroatoms. The summed E-state index contributed by atoms with van der Waals surface area (Å²) in [6.45, 7) is 0. The number of aromatic nitrogens is 3. The molecule has 2 aromatic carbocycles. The number of fused-ring (bicyclic) bond motifs is 5. The molecule has 0 saturated heterocycles. The molecule has 0 amide bonds. The van der Waals surface area contributed by atoms with E-state index < -0.39 is 0 Å². The molecule has 19 heavy (non-hydrogen) atoms. The molecule has 4 nitrogen and oxygen atoms in total. The third-order valence-electron chi connectivity index (χ3n) is 3.32. The predicted octanol–water partition coefficient (Wildman–Crippen LogP) is 2.62. The van der Waals surface area contributed by atoms with Crippen molar-refractivity contribution in [1.29, 1.82) is 0 Å². The summed E-state index contributed by atoms with van der Waals surface area (Å²) in [6, 6.07) is 13.2. The number of H-pyrrole nitrogens is 1. The number of aromatic amines is 1. The standard InChI is InChI=1S/C15H9N3O/c19-13-7-8-16-18-12-6-5-10-9-3-1-2-4-11(9)17-15(10)14(12)13/h1-8,16H. The maximum atomic E-state index is 12.2. The van der Waals surface area contributed by atoms with Gasteiger partial charge in [-0.3, -0.25) is 9.89 Å². The van der Waals surface area contributed by atoms with E-state index in [1.165, 1.54) is 12.3 Å². The predicted molar refractivity (Wildman–Crippen MR) is 75.2 cm³/mol. The second-order valence-electron chi connectivity index (χ2n) is 4.42. The molecular weight excluding hydrogens is 238 g/mol. The Balaban J connectivity index is 2.39. The number of benzene rings is 2. The number of hydrogen-bond donors (Lipinski definition) is 1. The van der Waals surface area contributed by atoms with Crippen LogP contribution in [0.25, 0.3) is 32.7 Å². The van der Waals surface area contributed by atoms with Crippen molar-refractivity contribution in [1.82, 2.24) is 15.2 Å². The molecule has 0 spiro atoms. The van der Waals surface area contributed by atoms with Gasteiger partial charge in [-0.2, -0.15) is 5.10 Å². The van der Waals surface area contributed by atoms with E-state index >= 15 is 0 Å². The third-order valence-corrected chi connectivity index (χ3v) is 3.32. The zero-order valence-electron chi connectivity index (χ0n) is 9.92. The minimum absolute atomic E-state index is 0.0721. The lowest BCUT2D eigenvalue weighted by molar-refractivity contribution is 1.09. The first-order valence-corrected chi connectivity index (χ1v) is 6.00. The maximum Gasteiger partial charge on any atom is 0.191 e. The van der Waals surface area contributed by atoms with Gasteiger partial charge in [0.1, 0.15) is 0 Å². The lowest BCUT2D eigenvalue weighted by Gasteiger charge is -1.93. The molecule has 4 aromatic rings. The molecule has 4 rings (SSSR count). The van der Waals surface area contributed by atoms with Crippen molar-refractivity contribution in [3.63, 3.8) is 0 Å². The number of nitrogens with zero attached hydrogens (tertiary/aromatic N) is 2. The molecule has 0 bridgehead atoms. The molecule has 0 atom stereocenters. The molecule has 2 aromatic heterocycles. The SMILES string of the molecule is O=c1cc[nH]nc2ccc3c4ccccc4nc3c12. The Labute approximate surface area is 107 Å². The normalized spacial score (nSPS) is 11.4. The Hall–Kier alpha value is -2.75. The van der Waals surface area contributed by atoms with Crippen LogP contribution in [0.15, 0.2) is 53.5 Å². The summed E-state index contributed by atoms with van der Waals surface area (Å²) in [5, 5.41) is 9.51. The van der Waals surface area contributed by atoms with Crippen LogP contribution in [0.5, 0.6) is 0 Å². The lowest BCUT2D eigenvalue weighted by Crippen LogP contribution is -1.95. The number of nitrogens with one attached hydrogen (secondary N) is 1. The highest BCUT2D eigenvalue weighted by Gasteiger charge is 2.10. The molecule has 0 aliphatic heterocycles. The largest absolute Gasteiger partial charge is 0.289 e. The summed E-state index contributed by atoms with van der Waals surface area (Å²) < 4.78 is 0. The molecule has 2 heterocycles. The van der Waals surface area contributed by atoms with Crippen molar-refractivity contribution in [2.45, 2.75) is 0 Å². The van der Waals surface area contributed by atoms with Crippen molar-refractivity contribution >= 4 is 32.7 Å². The summed E-state index contributed by atoms with van der Waals surface area (Å²) in [5.74, 6) is 0. The number of para-hydroxylation sites is 1. The van der Waals surface area contributed by atoms with Crippen LogP contribution in [0, 0.1) is 0 Å². The van der Waals surface area contributed by atoms with Crippen LogP contribution in [0.4, 0.5) is 0 Å². The second-order valence-corrected chi connectivity index (χ2v) is 4.42. The van der Waals surface area contributed by atoms with Gasteiger partial charge in [0, 0.05) is 23.0 Å². The van der Waals surface area contributed by atoms with E-state index in [-0.39, 0.29) is 5.43 Å². The quantitative estimate of drug-likeness (QED) is 0.519. The van der Waals surface area contributed by atoms with Crippen molar-refractivity contribution in [3.8, 4) is 0 Å². The van der Waals surface area contributed by atoms with Crippen LogP contribution in [0.3, 0.4) is 0 Å². The van der Waals surface area contributed by atoms with Crippen molar-refractivity contribution < 1.29 is 0 Å². The molecule has 0 fully saturated rings. The van der Waals surface area contributed by atoms with Gasteiger partial charge in [0.2, 0.25) is 0 Å². The molecule has 90 valence electrons. The minimum atomic E-state index is -0.0721. The molecule has 0 unspecified atom stereocenters. The fraction of sp³-hybridized carbons (Fsp3) is 0. The Kier molecular flexibility index (Phi) is 1.94. The fourth-order valence-electron chi connectivity index (χ4n) is 2.47. The minimum Gasteiger partial charge on any atom is -0.289 e. The summed E-state index contributed by atoms with van der Waals surface area (Å²) >= 11 is 0. The van der Waals surface area contributed by atoms with Gasteiger partial charge in [-0.1, -0.05) is 18.2 Å². The van der Waals surface area contributed by atoms with E-state index in [1.54, 1.807) is 0 Å². The molecule has 0 saturated carbocycles. The zero-order valence-corrected chi connectivity index (χ0v) is 9.92. The van der Waals surface area contributed by atoms with Crippen LogP contribution in [0.2, 0.25) is 0 Å². The Morgan fingerprint density at radius 1 is 0.895 bits per heavy atom. The molecular formula is C15H9N3O. The van der Waals surface area contributed by atoms with Gasteiger partial charge in [0.15, 0.2) is 5.43 Å². The monoisotopic (exact) mass is 247 g/mol. The Bertz CT molecular complexity index is 989. The van der Waals surface area contributed by atoms with E-state index in [0.29, 0.717) is 10.9 Å². The lowest BCUT2D eigenvalue weighted by atomic mass is 10.1. The van der Waals surface area contributed by atoms with E-state index in [0.717, 1.165) is 21.8 Å². The average molecular weight is 247 g/mol. The smallest absolute Gasteiger partial charge is 0.191 e. The van der Waals surface area contributed by atoms with Crippen LogP contribution < -0.4 is 5.43 Å².